The zero-order chi connectivity index (χ0) is 17.7. The van der Waals surface area contributed by atoms with Crippen molar-refractivity contribution < 1.29 is 24.8 Å². The van der Waals surface area contributed by atoms with Crippen LogP contribution in [-0.4, -0.2) is 29.5 Å². The molecule has 0 amide bonds. The third-order valence-electron chi connectivity index (χ3n) is 3.76. The van der Waals surface area contributed by atoms with Crippen LogP contribution in [0.15, 0.2) is 24.3 Å². The van der Waals surface area contributed by atoms with Gasteiger partial charge in [0.15, 0.2) is 11.5 Å². The molecule has 0 spiro atoms. The molecule has 0 heterocycles. The molecule has 0 atom stereocenters. The van der Waals surface area contributed by atoms with Gasteiger partial charge in [-0.25, -0.2) is 0 Å². The van der Waals surface area contributed by atoms with Crippen molar-refractivity contribution in [3.8, 4) is 17.2 Å². The number of phenolic OH excluding ortho intramolecular Hbond substituents is 1. The highest BCUT2D eigenvalue weighted by Gasteiger charge is 2.11. The quantitative estimate of drug-likeness (QED) is 0.367. The van der Waals surface area contributed by atoms with Crippen LogP contribution < -0.4 is 15.2 Å². The Morgan fingerprint density at radius 2 is 1.71 bits per heavy atom. The van der Waals surface area contributed by atoms with Gasteiger partial charge in [-0.15, -0.1) is 0 Å². The van der Waals surface area contributed by atoms with E-state index in [1.54, 1.807) is 36.4 Å². The molecule has 0 aliphatic rings. The Balaban J connectivity index is 2.41. The molecule has 0 unspecified atom stereocenters. The van der Waals surface area contributed by atoms with Crippen molar-refractivity contribution >= 4 is 17.8 Å². The SMILES string of the molecule is COc1ccc(/C=C\c2cc(CO)c(CO)c(OC)c2)c(N)c1O. The van der Waals surface area contributed by atoms with Gasteiger partial charge in [-0.2, -0.15) is 0 Å². The number of anilines is 1. The Hall–Kier alpha value is -2.70. The lowest BCUT2D eigenvalue weighted by atomic mass is 10.0. The van der Waals surface area contributed by atoms with Crippen molar-refractivity contribution in [3.05, 3.63) is 46.5 Å². The summed E-state index contributed by atoms with van der Waals surface area (Å²) in [6.45, 7) is -0.429. The third-order valence-corrected chi connectivity index (χ3v) is 3.76. The lowest BCUT2D eigenvalue weighted by molar-refractivity contribution is 0.254. The van der Waals surface area contributed by atoms with E-state index in [1.807, 2.05) is 0 Å². The zero-order valence-corrected chi connectivity index (χ0v) is 13.6. The number of aliphatic hydroxyl groups is 2. The van der Waals surface area contributed by atoms with E-state index >= 15 is 0 Å². The summed E-state index contributed by atoms with van der Waals surface area (Å²) in [5.41, 5.74) is 8.65. The molecule has 24 heavy (non-hydrogen) atoms. The standard InChI is InChI=1S/C18H21NO5/c1-23-15-6-5-12(17(19)18(15)22)4-3-11-7-13(9-20)14(10-21)16(8-11)24-2/h3-8,20-22H,9-10,19H2,1-2H3/b4-3-. The summed E-state index contributed by atoms with van der Waals surface area (Å²) in [7, 11) is 2.96. The lowest BCUT2D eigenvalue weighted by Crippen LogP contribution is -1.99. The fourth-order valence-corrected chi connectivity index (χ4v) is 2.43. The highest BCUT2D eigenvalue weighted by atomic mass is 16.5. The largest absolute Gasteiger partial charge is 0.503 e. The highest BCUT2D eigenvalue weighted by Crippen LogP contribution is 2.35. The van der Waals surface area contributed by atoms with Crippen LogP contribution in [0.5, 0.6) is 17.2 Å². The highest BCUT2D eigenvalue weighted by molar-refractivity contribution is 5.80. The van der Waals surface area contributed by atoms with Gasteiger partial charge in [0, 0.05) is 11.1 Å². The second-order valence-corrected chi connectivity index (χ2v) is 5.13. The molecule has 0 aliphatic carbocycles. The maximum Gasteiger partial charge on any atom is 0.181 e. The summed E-state index contributed by atoms with van der Waals surface area (Å²) in [4.78, 5) is 0. The van der Waals surface area contributed by atoms with Crippen molar-refractivity contribution in [2.75, 3.05) is 20.0 Å². The Labute approximate surface area is 140 Å². The molecule has 2 aromatic rings. The first kappa shape index (κ1) is 17.7. The minimum absolute atomic E-state index is 0.107. The smallest absolute Gasteiger partial charge is 0.181 e. The monoisotopic (exact) mass is 331 g/mol. The Morgan fingerprint density at radius 1 is 1.00 bits per heavy atom. The second-order valence-electron chi connectivity index (χ2n) is 5.13. The molecule has 128 valence electrons. The molecule has 2 aromatic carbocycles. The van der Waals surface area contributed by atoms with E-state index in [4.69, 9.17) is 15.2 Å². The van der Waals surface area contributed by atoms with Gasteiger partial charge < -0.3 is 30.5 Å². The van der Waals surface area contributed by atoms with Crippen molar-refractivity contribution in [3.63, 3.8) is 0 Å². The van der Waals surface area contributed by atoms with Crippen molar-refractivity contribution in [2.45, 2.75) is 13.2 Å². The molecule has 0 aliphatic heterocycles. The summed E-state index contributed by atoms with van der Waals surface area (Å²) in [5.74, 6) is 0.694. The number of ether oxygens (including phenoxy) is 2. The topological polar surface area (TPSA) is 105 Å². The van der Waals surface area contributed by atoms with Gasteiger partial charge in [0.05, 0.1) is 33.1 Å². The first-order valence-corrected chi connectivity index (χ1v) is 7.30. The van der Waals surface area contributed by atoms with E-state index in [9.17, 15) is 15.3 Å². The number of methoxy groups -OCH3 is 2. The number of nitrogen functional groups attached to an aromatic ring is 1. The van der Waals surface area contributed by atoms with Crippen LogP contribution in [0.3, 0.4) is 0 Å². The molecule has 0 fully saturated rings. The molecule has 2 rings (SSSR count). The number of aliphatic hydroxyl groups excluding tert-OH is 2. The fraction of sp³-hybridized carbons (Fsp3) is 0.222. The first-order valence-electron chi connectivity index (χ1n) is 7.30. The predicted molar refractivity (Wildman–Crippen MR) is 92.8 cm³/mol. The van der Waals surface area contributed by atoms with E-state index < -0.39 is 0 Å². The average molecular weight is 331 g/mol. The second kappa shape index (κ2) is 7.72. The molecule has 6 nitrogen and oxygen atoms in total. The van der Waals surface area contributed by atoms with Crippen LogP contribution in [0.4, 0.5) is 5.69 Å². The number of nitrogens with two attached hydrogens (primary N) is 1. The van der Waals surface area contributed by atoms with Crippen LogP contribution in [-0.2, 0) is 13.2 Å². The minimum atomic E-state index is -0.220. The van der Waals surface area contributed by atoms with Gasteiger partial charge in [-0.05, 0) is 35.4 Å². The van der Waals surface area contributed by atoms with Crippen molar-refractivity contribution in [2.24, 2.45) is 0 Å². The summed E-state index contributed by atoms with van der Waals surface area (Å²) in [6, 6.07) is 6.86. The van der Waals surface area contributed by atoms with Crippen LogP contribution >= 0.6 is 0 Å². The van der Waals surface area contributed by atoms with Crippen LogP contribution in [0.2, 0.25) is 0 Å². The molecule has 0 saturated heterocycles. The first-order chi connectivity index (χ1) is 11.5. The zero-order valence-electron chi connectivity index (χ0n) is 13.6. The molecule has 6 heteroatoms. The van der Waals surface area contributed by atoms with Crippen molar-refractivity contribution in [1.29, 1.82) is 0 Å². The molecule has 0 saturated carbocycles. The van der Waals surface area contributed by atoms with Crippen molar-refractivity contribution in [1.82, 2.24) is 0 Å². The maximum atomic E-state index is 9.94. The van der Waals surface area contributed by atoms with Gasteiger partial charge >= 0.3 is 0 Å². The maximum absolute atomic E-state index is 9.94. The Kier molecular flexibility index (Phi) is 5.68. The average Bonchev–Trinajstić information content (AvgIpc) is 2.61. The van der Waals surface area contributed by atoms with Gasteiger partial charge in [0.2, 0.25) is 0 Å². The molecular weight excluding hydrogens is 310 g/mol. The van der Waals surface area contributed by atoms with E-state index in [2.05, 4.69) is 0 Å². The number of hydrogen-bond acceptors (Lipinski definition) is 6. The van der Waals surface area contributed by atoms with Crippen LogP contribution in [0, 0.1) is 0 Å². The molecule has 0 radical (unpaired) electrons. The van der Waals surface area contributed by atoms with Gasteiger partial charge in [0.1, 0.15) is 5.75 Å². The van der Waals surface area contributed by atoms with Crippen LogP contribution in [0.1, 0.15) is 22.3 Å². The third kappa shape index (κ3) is 3.45. The van der Waals surface area contributed by atoms with Gasteiger partial charge in [-0.3, -0.25) is 0 Å². The minimum Gasteiger partial charge on any atom is -0.503 e. The summed E-state index contributed by atoms with van der Waals surface area (Å²) in [6.07, 6.45) is 3.52. The van der Waals surface area contributed by atoms with E-state index in [0.29, 0.717) is 28.2 Å². The number of phenols is 1. The predicted octanol–water partition coefficient (Wildman–Crippen LogP) is 2.15. The lowest BCUT2D eigenvalue weighted by Gasteiger charge is -2.12. The molecule has 0 aromatic heterocycles. The summed E-state index contributed by atoms with van der Waals surface area (Å²) >= 11 is 0. The Bertz CT molecular complexity index is 730. The van der Waals surface area contributed by atoms with Crippen LogP contribution in [0.25, 0.3) is 12.2 Å². The summed E-state index contributed by atoms with van der Waals surface area (Å²) in [5, 5.41) is 28.8. The molecular formula is C18H21NO5. The Morgan fingerprint density at radius 3 is 2.29 bits per heavy atom. The van der Waals surface area contributed by atoms with E-state index in [1.165, 1.54) is 14.2 Å². The van der Waals surface area contributed by atoms with E-state index in [-0.39, 0.29) is 24.7 Å². The molecule has 5 N–H and O–H groups in total. The normalized spacial score (nSPS) is 11.0. The summed E-state index contributed by atoms with van der Waals surface area (Å²) < 4.78 is 10.3. The van der Waals surface area contributed by atoms with E-state index in [0.717, 1.165) is 5.56 Å². The van der Waals surface area contributed by atoms with Gasteiger partial charge in [-0.1, -0.05) is 12.2 Å². The number of benzene rings is 2. The number of hydrogen-bond donors (Lipinski definition) is 4. The van der Waals surface area contributed by atoms with Gasteiger partial charge in [0.25, 0.3) is 0 Å². The number of aromatic hydroxyl groups is 1. The number of rotatable bonds is 6. The fourth-order valence-electron chi connectivity index (χ4n) is 2.43. The molecule has 0 bridgehead atoms.